The Hall–Kier alpha value is -1.15. The van der Waals surface area contributed by atoms with Crippen molar-refractivity contribution in [2.75, 3.05) is 45.6 Å². The summed E-state index contributed by atoms with van der Waals surface area (Å²) in [5.74, 6) is -0.298. The predicted molar refractivity (Wildman–Crippen MR) is 88.8 cm³/mol. The molecule has 1 amide bonds. The zero-order valence-electron chi connectivity index (χ0n) is 13.0. The molecule has 1 saturated heterocycles. The molecule has 0 unspecified atom stereocenters. The molecule has 6 nitrogen and oxygen atoms in total. The lowest BCUT2D eigenvalue weighted by atomic mass is 10.2. The number of hydrogen-bond donors (Lipinski definition) is 1. The number of amides is 1. The van der Waals surface area contributed by atoms with Crippen LogP contribution in [0.3, 0.4) is 0 Å². The Labute approximate surface area is 141 Å². The second-order valence-corrected chi connectivity index (χ2v) is 7.87. The maximum atomic E-state index is 12.1. The molecule has 1 fully saturated rings. The van der Waals surface area contributed by atoms with E-state index in [-0.39, 0.29) is 15.8 Å². The number of benzene rings is 1. The highest BCUT2D eigenvalue weighted by Crippen LogP contribution is 2.22. The quantitative estimate of drug-likeness (QED) is 0.771. The molecule has 0 radical (unpaired) electrons. The summed E-state index contributed by atoms with van der Waals surface area (Å²) in [5.41, 5.74) is 0.293. The molecule has 1 aromatic rings. The molecule has 0 spiro atoms. The Bertz CT molecular complexity index is 657. The molecule has 23 heavy (non-hydrogen) atoms. The number of ether oxygens (including phenoxy) is 1. The van der Waals surface area contributed by atoms with Crippen LogP contribution in [-0.4, -0.2) is 64.9 Å². The van der Waals surface area contributed by atoms with Gasteiger partial charge in [0.1, 0.15) is 0 Å². The first-order valence-corrected chi connectivity index (χ1v) is 9.73. The first kappa shape index (κ1) is 18.2. The Morgan fingerprint density at radius 3 is 2.70 bits per heavy atom. The van der Waals surface area contributed by atoms with Crippen LogP contribution in [0.5, 0.6) is 0 Å². The molecule has 2 rings (SSSR count). The van der Waals surface area contributed by atoms with Crippen molar-refractivity contribution in [3.63, 3.8) is 0 Å². The minimum atomic E-state index is -3.46. The Kier molecular flexibility index (Phi) is 6.41. The number of sulfone groups is 1. The number of nitrogens with zero attached hydrogens (tertiary/aromatic N) is 1. The van der Waals surface area contributed by atoms with Gasteiger partial charge in [-0.3, -0.25) is 9.69 Å². The van der Waals surface area contributed by atoms with Crippen LogP contribution in [0.4, 0.5) is 0 Å². The lowest BCUT2D eigenvalue weighted by molar-refractivity contribution is 0.0374. The summed E-state index contributed by atoms with van der Waals surface area (Å²) in [6.45, 7) is 4.79. The first-order valence-electron chi connectivity index (χ1n) is 7.46. The summed E-state index contributed by atoms with van der Waals surface area (Å²) in [4.78, 5) is 14.4. The van der Waals surface area contributed by atoms with E-state index in [4.69, 9.17) is 16.3 Å². The fourth-order valence-electron chi connectivity index (χ4n) is 2.36. The number of hydrogen-bond acceptors (Lipinski definition) is 5. The van der Waals surface area contributed by atoms with Crippen molar-refractivity contribution in [2.45, 2.75) is 11.3 Å². The highest BCUT2D eigenvalue weighted by atomic mass is 35.5. The van der Waals surface area contributed by atoms with Gasteiger partial charge in [0.05, 0.1) is 23.1 Å². The number of carbonyl (C=O) groups excluding carboxylic acids is 1. The Morgan fingerprint density at radius 2 is 2.04 bits per heavy atom. The van der Waals surface area contributed by atoms with Gasteiger partial charge in [-0.25, -0.2) is 8.42 Å². The Morgan fingerprint density at radius 1 is 1.35 bits per heavy atom. The summed E-state index contributed by atoms with van der Waals surface area (Å²) in [6, 6.07) is 4.27. The SMILES string of the molecule is CS(=O)(=O)c1cc(C(=O)NCCCN2CCOCC2)ccc1Cl. The van der Waals surface area contributed by atoms with Crippen LogP contribution in [0.2, 0.25) is 5.02 Å². The van der Waals surface area contributed by atoms with E-state index in [0.29, 0.717) is 12.1 Å². The molecular formula is C15H21ClN2O4S. The van der Waals surface area contributed by atoms with E-state index < -0.39 is 9.84 Å². The van der Waals surface area contributed by atoms with E-state index in [2.05, 4.69) is 10.2 Å². The van der Waals surface area contributed by atoms with E-state index >= 15 is 0 Å². The average Bonchev–Trinajstić information content (AvgIpc) is 2.51. The van der Waals surface area contributed by atoms with Crippen molar-refractivity contribution in [3.8, 4) is 0 Å². The van der Waals surface area contributed by atoms with Crippen molar-refractivity contribution >= 4 is 27.3 Å². The topological polar surface area (TPSA) is 75.7 Å². The van der Waals surface area contributed by atoms with Crippen molar-refractivity contribution < 1.29 is 17.9 Å². The highest BCUT2D eigenvalue weighted by molar-refractivity contribution is 7.90. The van der Waals surface area contributed by atoms with E-state index in [1.807, 2.05) is 0 Å². The summed E-state index contributed by atoms with van der Waals surface area (Å²) in [5, 5.41) is 2.92. The molecule has 1 heterocycles. The van der Waals surface area contributed by atoms with Gasteiger partial charge in [-0.2, -0.15) is 0 Å². The van der Waals surface area contributed by atoms with Gasteiger partial charge < -0.3 is 10.1 Å². The second kappa shape index (κ2) is 8.10. The van der Waals surface area contributed by atoms with Crippen LogP contribution >= 0.6 is 11.6 Å². The van der Waals surface area contributed by atoms with Crippen molar-refractivity contribution in [3.05, 3.63) is 28.8 Å². The minimum Gasteiger partial charge on any atom is -0.379 e. The molecule has 1 aliphatic rings. The third-order valence-corrected chi connectivity index (χ3v) is 5.21. The zero-order chi connectivity index (χ0) is 16.9. The van der Waals surface area contributed by atoms with Crippen LogP contribution < -0.4 is 5.32 Å². The molecular weight excluding hydrogens is 340 g/mol. The van der Waals surface area contributed by atoms with Gasteiger partial charge in [0, 0.05) is 31.5 Å². The van der Waals surface area contributed by atoms with E-state index in [1.54, 1.807) is 0 Å². The third kappa shape index (κ3) is 5.46. The van der Waals surface area contributed by atoms with E-state index in [1.165, 1.54) is 18.2 Å². The van der Waals surface area contributed by atoms with Crippen LogP contribution in [-0.2, 0) is 14.6 Å². The standard InChI is InChI=1S/C15H21ClN2O4S/c1-23(20,21)14-11-12(3-4-13(14)16)15(19)17-5-2-6-18-7-9-22-10-8-18/h3-4,11H,2,5-10H2,1H3,(H,17,19). The van der Waals surface area contributed by atoms with Crippen LogP contribution in [0.15, 0.2) is 23.1 Å². The molecule has 0 saturated carbocycles. The summed E-state index contributed by atoms with van der Waals surface area (Å²) in [6.07, 6.45) is 1.90. The van der Waals surface area contributed by atoms with Crippen LogP contribution in [0.1, 0.15) is 16.8 Å². The molecule has 1 aromatic carbocycles. The van der Waals surface area contributed by atoms with Gasteiger partial charge >= 0.3 is 0 Å². The molecule has 1 N–H and O–H groups in total. The largest absolute Gasteiger partial charge is 0.379 e. The number of rotatable bonds is 6. The Balaban J connectivity index is 1.86. The van der Waals surface area contributed by atoms with Gasteiger partial charge in [0.25, 0.3) is 5.91 Å². The molecule has 1 aliphatic heterocycles. The van der Waals surface area contributed by atoms with Gasteiger partial charge in [0.15, 0.2) is 9.84 Å². The molecule has 8 heteroatoms. The number of halogens is 1. The fourth-order valence-corrected chi connectivity index (χ4v) is 3.66. The number of morpholine rings is 1. The van der Waals surface area contributed by atoms with Crippen molar-refractivity contribution in [1.82, 2.24) is 10.2 Å². The van der Waals surface area contributed by atoms with E-state index in [0.717, 1.165) is 45.5 Å². The number of carbonyl (C=O) groups is 1. The molecule has 0 aliphatic carbocycles. The maximum absolute atomic E-state index is 12.1. The molecule has 128 valence electrons. The second-order valence-electron chi connectivity index (χ2n) is 5.48. The first-order chi connectivity index (χ1) is 10.9. The summed E-state index contributed by atoms with van der Waals surface area (Å²) < 4.78 is 28.5. The van der Waals surface area contributed by atoms with Crippen molar-refractivity contribution in [1.29, 1.82) is 0 Å². The van der Waals surface area contributed by atoms with Crippen molar-refractivity contribution in [2.24, 2.45) is 0 Å². The van der Waals surface area contributed by atoms with Crippen LogP contribution in [0, 0.1) is 0 Å². The van der Waals surface area contributed by atoms with Crippen LogP contribution in [0.25, 0.3) is 0 Å². The van der Waals surface area contributed by atoms with E-state index in [9.17, 15) is 13.2 Å². The molecule has 0 bridgehead atoms. The third-order valence-electron chi connectivity index (χ3n) is 3.63. The lowest BCUT2D eigenvalue weighted by Crippen LogP contribution is -2.38. The molecule has 0 aromatic heterocycles. The van der Waals surface area contributed by atoms with Gasteiger partial charge in [-0.05, 0) is 31.2 Å². The normalized spacial score (nSPS) is 16.3. The highest BCUT2D eigenvalue weighted by Gasteiger charge is 2.16. The fraction of sp³-hybridized carbons (Fsp3) is 0.533. The van der Waals surface area contributed by atoms with Gasteiger partial charge in [-0.15, -0.1) is 0 Å². The number of nitrogens with one attached hydrogen (secondary N) is 1. The maximum Gasteiger partial charge on any atom is 0.251 e. The summed E-state index contributed by atoms with van der Waals surface area (Å²) >= 11 is 5.87. The predicted octanol–water partition coefficient (Wildman–Crippen LogP) is 1.20. The van der Waals surface area contributed by atoms with Gasteiger partial charge in [-0.1, -0.05) is 11.6 Å². The average molecular weight is 361 g/mol. The lowest BCUT2D eigenvalue weighted by Gasteiger charge is -2.26. The smallest absolute Gasteiger partial charge is 0.251 e. The summed E-state index contributed by atoms with van der Waals surface area (Å²) in [7, 11) is -3.46. The minimum absolute atomic E-state index is 0.0277. The monoisotopic (exact) mass is 360 g/mol. The molecule has 0 atom stereocenters. The zero-order valence-corrected chi connectivity index (χ0v) is 14.6. The van der Waals surface area contributed by atoms with Gasteiger partial charge in [0.2, 0.25) is 0 Å².